The smallest absolute Gasteiger partial charge is 0.410 e. The number of nitrogens with zero attached hydrogens (tertiary/aromatic N) is 3. The summed E-state index contributed by atoms with van der Waals surface area (Å²) >= 11 is 0. The van der Waals surface area contributed by atoms with Crippen LogP contribution in [0.3, 0.4) is 0 Å². The second-order valence-corrected chi connectivity index (χ2v) is 3.98. The first-order chi connectivity index (χ1) is 9.02. The zero-order valence-electron chi connectivity index (χ0n) is 10.6. The first-order valence-corrected chi connectivity index (χ1v) is 5.57. The van der Waals surface area contributed by atoms with Crippen molar-refractivity contribution >= 4 is 17.8 Å². The Morgan fingerprint density at radius 3 is 2.74 bits per heavy atom. The average Bonchev–Trinajstić information content (AvgIpc) is 2.69. The van der Waals surface area contributed by atoms with Crippen molar-refractivity contribution in [3.05, 3.63) is 12.3 Å². The minimum Gasteiger partial charge on any atom is -0.480 e. The van der Waals surface area contributed by atoms with E-state index in [1.165, 1.54) is 24.3 Å². The van der Waals surface area contributed by atoms with Gasteiger partial charge in [-0.25, -0.2) is 14.6 Å². The number of hydrogen-bond donors (Lipinski definition) is 1. The minimum absolute atomic E-state index is 0.158. The zero-order chi connectivity index (χ0) is 14.0. The lowest BCUT2D eigenvalue weighted by Crippen LogP contribution is -2.29. The third-order valence-electron chi connectivity index (χ3n) is 2.73. The Labute approximate surface area is 109 Å². The van der Waals surface area contributed by atoms with E-state index in [0.717, 1.165) is 0 Å². The molecule has 0 aromatic carbocycles. The molecule has 0 saturated carbocycles. The molecule has 0 atom stereocenters. The Morgan fingerprint density at radius 1 is 1.47 bits per heavy atom. The Hall–Kier alpha value is -2.51. The molecular formula is C11H14N4O4. The van der Waals surface area contributed by atoms with Gasteiger partial charge >= 0.3 is 12.1 Å². The van der Waals surface area contributed by atoms with Crippen LogP contribution in [-0.4, -0.2) is 49.3 Å². The van der Waals surface area contributed by atoms with Crippen LogP contribution < -0.4 is 20.1 Å². The van der Waals surface area contributed by atoms with Crippen molar-refractivity contribution in [2.24, 2.45) is 5.73 Å². The van der Waals surface area contributed by atoms with E-state index in [2.05, 4.69) is 4.98 Å². The lowest BCUT2D eigenvalue weighted by molar-refractivity contribution is 0.210. The molecule has 1 fully saturated rings. The van der Waals surface area contributed by atoms with Gasteiger partial charge in [-0.2, -0.15) is 0 Å². The molecule has 0 bridgehead atoms. The van der Waals surface area contributed by atoms with E-state index in [1.54, 1.807) is 11.9 Å². The molecule has 0 aliphatic carbocycles. The lowest BCUT2D eigenvalue weighted by Gasteiger charge is -2.18. The summed E-state index contributed by atoms with van der Waals surface area (Å²) in [5.41, 5.74) is 5.38. The number of hydrogen-bond acceptors (Lipinski definition) is 5. The summed E-state index contributed by atoms with van der Waals surface area (Å²) in [6, 6.07) is 1.32. The maximum absolute atomic E-state index is 11.9. The Morgan fingerprint density at radius 2 is 2.21 bits per heavy atom. The Balaban J connectivity index is 2.36. The summed E-state index contributed by atoms with van der Waals surface area (Å²) in [5, 5.41) is 0. The number of anilines is 1. The third-order valence-corrected chi connectivity index (χ3v) is 2.73. The molecule has 8 nitrogen and oxygen atoms in total. The highest BCUT2D eigenvalue weighted by Gasteiger charge is 2.29. The van der Waals surface area contributed by atoms with Crippen LogP contribution in [0.25, 0.3) is 0 Å². The molecule has 8 heteroatoms. The van der Waals surface area contributed by atoms with E-state index in [9.17, 15) is 9.59 Å². The molecule has 2 N–H and O–H groups in total. The molecule has 102 valence electrons. The topological polar surface area (TPSA) is 98.0 Å². The fraction of sp³-hybridized carbons (Fsp3) is 0.364. The second-order valence-electron chi connectivity index (χ2n) is 3.98. The zero-order valence-corrected chi connectivity index (χ0v) is 10.6. The van der Waals surface area contributed by atoms with Gasteiger partial charge < -0.3 is 20.1 Å². The SMILES string of the molecule is COc1ncc(OC(N)=O)cc1N1CCN(C)C1=O. The van der Waals surface area contributed by atoms with Crippen LogP contribution in [0, 0.1) is 0 Å². The van der Waals surface area contributed by atoms with Crippen LogP contribution in [0.2, 0.25) is 0 Å². The summed E-state index contributed by atoms with van der Waals surface area (Å²) in [7, 11) is 3.15. The molecule has 1 aliphatic rings. The summed E-state index contributed by atoms with van der Waals surface area (Å²) in [4.78, 5) is 29.7. The first kappa shape index (κ1) is 12.9. The number of aromatic nitrogens is 1. The van der Waals surface area contributed by atoms with Gasteiger partial charge in [0.25, 0.3) is 0 Å². The molecule has 1 aromatic heterocycles. The number of carbonyl (C=O) groups excluding carboxylic acids is 2. The van der Waals surface area contributed by atoms with Gasteiger partial charge in [0.05, 0.1) is 13.3 Å². The summed E-state index contributed by atoms with van der Waals surface area (Å²) in [6.45, 7) is 1.11. The maximum atomic E-state index is 11.9. The highest BCUT2D eigenvalue weighted by molar-refractivity contribution is 5.95. The predicted molar refractivity (Wildman–Crippen MR) is 66.4 cm³/mol. The van der Waals surface area contributed by atoms with Crippen molar-refractivity contribution < 1.29 is 19.1 Å². The molecule has 2 rings (SSSR count). The van der Waals surface area contributed by atoms with Gasteiger partial charge in [-0.1, -0.05) is 0 Å². The Bertz CT molecular complexity index is 519. The highest BCUT2D eigenvalue weighted by Crippen LogP contribution is 2.31. The van der Waals surface area contributed by atoms with Gasteiger partial charge in [-0.05, 0) is 0 Å². The first-order valence-electron chi connectivity index (χ1n) is 5.57. The van der Waals surface area contributed by atoms with E-state index in [1.807, 2.05) is 0 Å². The number of nitrogens with two attached hydrogens (primary N) is 1. The number of rotatable bonds is 3. The van der Waals surface area contributed by atoms with E-state index >= 15 is 0 Å². The Kier molecular flexibility index (Phi) is 3.41. The number of urea groups is 1. The number of likely N-dealkylation sites (N-methyl/N-ethyl adjacent to an activating group) is 1. The van der Waals surface area contributed by atoms with Crippen LogP contribution in [0.5, 0.6) is 11.6 Å². The third kappa shape index (κ3) is 2.51. The van der Waals surface area contributed by atoms with Crippen molar-refractivity contribution in [1.82, 2.24) is 9.88 Å². The predicted octanol–water partition coefficient (Wildman–Crippen LogP) is 0.419. The molecular weight excluding hydrogens is 252 g/mol. The van der Waals surface area contributed by atoms with E-state index in [-0.39, 0.29) is 17.7 Å². The van der Waals surface area contributed by atoms with Crippen LogP contribution in [0.4, 0.5) is 15.3 Å². The second kappa shape index (κ2) is 5.01. The standard InChI is InChI=1S/C11H14N4O4/c1-14-3-4-15(11(14)17)8-5-7(19-10(12)16)6-13-9(8)18-2/h5-6H,3-4H2,1-2H3,(H2,12,16). The number of primary amides is 1. The van der Waals surface area contributed by atoms with Gasteiger partial charge in [0.2, 0.25) is 5.88 Å². The van der Waals surface area contributed by atoms with Gasteiger partial charge in [-0.15, -0.1) is 0 Å². The summed E-state index contributed by atoms with van der Waals surface area (Å²) < 4.78 is 9.85. The molecule has 0 spiro atoms. The van der Waals surface area contributed by atoms with Crippen LogP contribution >= 0.6 is 0 Å². The number of ether oxygens (including phenoxy) is 2. The van der Waals surface area contributed by atoms with Crippen molar-refractivity contribution in [3.63, 3.8) is 0 Å². The van der Waals surface area contributed by atoms with Crippen LogP contribution in [0.1, 0.15) is 0 Å². The van der Waals surface area contributed by atoms with E-state index < -0.39 is 6.09 Å². The largest absolute Gasteiger partial charge is 0.480 e. The number of amides is 3. The van der Waals surface area contributed by atoms with Crippen LogP contribution in [0.15, 0.2) is 12.3 Å². The van der Waals surface area contributed by atoms with Crippen molar-refractivity contribution in [3.8, 4) is 11.6 Å². The monoisotopic (exact) mass is 266 g/mol. The van der Waals surface area contributed by atoms with Crippen molar-refractivity contribution in [2.75, 3.05) is 32.1 Å². The number of pyridine rings is 1. The summed E-state index contributed by atoms with van der Waals surface area (Å²) in [6.07, 6.45) is 0.361. The fourth-order valence-corrected chi connectivity index (χ4v) is 1.82. The fourth-order valence-electron chi connectivity index (χ4n) is 1.82. The highest BCUT2D eigenvalue weighted by atomic mass is 16.5. The van der Waals surface area contributed by atoms with Crippen molar-refractivity contribution in [1.29, 1.82) is 0 Å². The molecule has 2 heterocycles. The molecule has 0 unspecified atom stereocenters. The minimum atomic E-state index is -0.942. The molecule has 19 heavy (non-hydrogen) atoms. The van der Waals surface area contributed by atoms with Crippen LogP contribution in [-0.2, 0) is 0 Å². The normalized spacial score (nSPS) is 14.7. The van der Waals surface area contributed by atoms with E-state index in [4.69, 9.17) is 15.2 Å². The quantitative estimate of drug-likeness (QED) is 0.854. The van der Waals surface area contributed by atoms with Gasteiger partial charge in [-0.3, -0.25) is 4.90 Å². The molecule has 1 aromatic rings. The average molecular weight is 266 g/mol. The number of carbonyl (C=O) groups is 2. The molecule has 1 aliphatic heterocycles. The van der Waals surface area contributed by atoms with Gasteiger partial charge in [0.15, 0.2) is 5.75 Å². The molecule has 0 radical (unpaired) electrons. The van der Waals surface area contributed by atoms with Gasteiger partial charge in [0.1, 0.15) is 5.69 Å². The van der Waals surface area contributed by atoms with Crippen molar-refractivity contribution in [2.45, 2.75) is 0 Å². The number of methoxy groups -OCH3 is 1. The molecule has 1 saturated heterocycles. The summed E-state index contributed by atoms with van der Waals surface area (Å²) in [5.74, 6) is 0.436. The lowest BCUT2D eigenvalue weighted by atomic mass is 10.3. The van der Waals surface area contributed by atoms with Gasteiger partial charge in [0, 0.05) is 26.2 Å². The van der Waals surface area contributed by atoms with E-state index in [0.29, 0.717) is 18.8 Å². The maximum Gasteiger partial charge on any atom is 0.410 e. The molecule has 3 amide bonds.